The van der Waals surface area contributed by atoms with Crippen LogP contribution >= 0.6 is 15.9 Å². The average Bonchev–Trinajstić information content (AvgIpc) is 2.71. The predicted octanol–water partition coefficient (Wildman–Crippen LogP) is 3.07. The third-order valence-electron chi connectivity index (χ3n) is 2.90. The number of hydrogen-bond donors (Lipinski definition) is 1. The Hall–Kier alpha value is -0.410. The van der Waals surface area contributed by atoms with Crippen molar-refractivity contribution in [1.29, 1.82) is 0 Å². The van der Waals surface area contributed by atoms with Crippen LogP contribution in [0.5, 0.6) is 0 Å². The van der Waals surface area contributed by atoms with Crippen LogP contribution in [-0.4, -0.2) is 10.1 Å². The molecule has 1 aliphatic rings. The van der Waals surface area contributed by atoms with E-state index >= 15 is 0 Å². The molecule has 1 heterocycles. The summed E-state index contributed by atoms with van der Waals surface area (Å²) in [5.41, 5.74) is 0.806. The standard InChI is InChI=1S/C11H14BrNO/c12-9-5-6-10(13-7-9)11(14)8-3-1-2-4-8/h5-8,11,14H,1-4H2. The van der Waals surface area contributed by atoms with Crippen molar-refractivity contribution >= 4 is 15.9 Å². The van der Waals surface area contributed by atoms with Crippen LogP contribution in [0.15, 0.2) is 22.8 Å². The van der Waals surface area contributed by atoms with Crippen molar-refractivity contribution in [2.75, 3.05) is 0 Å². The normalized spacial score (nSPS) is 19.9. The number of aromatic nitrogens is 1. The predicted molar refractivity (Wildman–Crippen MR) is 58.9 cm³/mol. The summed E-state index contributed by atoms with van der Waals surface area (Å²) in [6.07, 6.45) is 6.15. The summed E-state index contributed by atoms with van der Waals surface area (Å²) < 4.78 is 0.958. The van der Waals surface area contributed by atoms with Gasteiger partial charge < -0.3 is 5.11 Å². The van der Waals surface area contributed by atoms with Gasteiger partial charge in [0.2, 0.25) is 0 Å². The molecule has 76 valence electrons. The minimum Gasteiger partial charge on any atom is -0.387 e. The van der Waals surface area contributed by atoms with Crippen LogP contribution in [0.2, 0.25) is 0 Å². The van der Waals surface area contributed by atoms with E-state index in [1.807, 2.05) is 12.1 Å². The van der Waals surface area contributed by atoms with Crippen LogP contribution in [0.3, 0.4) is 0 Å². The molecule has 14 heavy (non-hydrogen) atoms. The van der Waals surface area contributed by atoms with E-state index in [0.717, 1.165) is 23.0 Å². The van der Waals surface area contributed by atoms with Gasteiger partial charge in [-0.15, -0.1) is 0 Å². The number of aliphatic hydroxyl groups excluding tert-OH is 1. The largest absolute Gasteiger partial charge is 0.387 e. The SMILES string of the molecule is OC(c1ccc(Br)cn1)C1CCCC1. The zero-order valence-corrected chi connectivity index (χ0v) is 9.57. The molecule has 0 bridgehead atoms. The van der Waals surface area contributed by atoms with E-state index in [1.54, 1.807) is 6.20 Å². The second-order valence-corrected chi connectivity index (χ2v) is 4.81. The van der Waals surface area contributed by atoms with E-state index in [-0.39, 0.29) is 6.10 Å². The molecule has 3 heteroatoms. The maximum atomic E-state index is 10.0. The van der Waals surface area contributed by atoms with E-state index in [2.05, 4.69) is 20.9 Å². The Kier molecular flexibility index (Phi) is 3.19. The smallest absolute Gasteiger partial charge is 0.0987 e. The van der Waals surface area contributed by atoms with Crippen LogP contribution in [-0.2, 0) is 0 Å². The van der Waals surface area contributed by atoms with Gasteiger partial charge in [0.05, 0.1) is 11.8 Å². The lowest BCUT2D eigenvalue weighted by Gasteiger charge is -2.16. The van der Waals surface area contributed by atoms with Crippen molar-refractivity contribution in [3.05, 3.63) is 28.5 Å². The summed E-state index contributed by atoms with van der Waals surface area (Å²) in [6, 6.07) is 3.83. The van der Waals surface area contributed by atoms with Crippen LogP contribution in [0.1, 0.15) is 37.5 Å². The highest BCUT2D eigenvalue weighted by Gasteiger charge is 2.24. The highest BCUT2D eigenvalue weighted by atomic mass is 79.9. The van der Waals surface area contributed by atoms with E-state index in [9.17, 15) is 5.11 Å². The molecule has 0 spiro atoms. The van der Waals surface area contributed by atoms with Gasteiger partial charge in [-0.25, -0.2) is 0 Å². The Bertz CT molecular complexity index is 293. The molecule has 0 aromatic carbocycles. The van der Waals surface area contributed by atoms with Crippen LogP contribution in [0, 0.1) is 5.92 Å². The second-order valence-electron chi connectivity index (χ2n) is 3.89. The molecule has 0 saturated heterocycles. The molecule has 1 saturated carbocycles. The van der Waals surface area contributed by atoms with Gasteiger partial charge >= 0.3 is 0 Å². The third-order valence-corrected chi connectivity index (χ3v) is 3.37. The molecule has 1 aliphatic carbocycles. The topological polar surface area (TPSA) is 33.1 Å². The van der Waals surface area contributed by atoms with Crippen molar-refractivity contribution in [1.82, 2.24) is 4.98 Å². The Balaban J connectivity index is 2.09. The van der Waals surface area contributed by atoms with E-state index < -0.39 is 0 Å². The van der Waals surface area contributed by atoms with Gasteiger partial charge in [0.15, 0.2) is 0 Å². The minimum atomic E-state index is -0.370. The molecule has 1 aromatic heterocycles. The van der Waals surface area contributed by atoms with Gasteiger partial charge in [0.1, 0.15) is 0 Å². The van der Waals surface area contributed by atoms with Gasteiger partial charge in [-0.1, -0.05) is 12.8 Å². The zero-order valence-electron chi connectivity index (χ0n) is 7.99. The number of pyridine rings is 1. The average molecular weight is 256 g/mol. The van der Waals surface area contributed by atoms with Crippen LogP contribution in [0.25, 0.3) is 0 Å². The van der Waals surface area contributed by atoms with E-state index in [0.29, 0.717) is 5.92 Å². The van der Waals surface area contributed by atoms with Gasteiger partial charge in [-0.05, 0) is 46.8 Å². The fraction of sp³-hybridized carbons (Fsp3) is 0.545. The van der Waals surface area contributed by atoms with Gasteiger partial charge in [0, 0.05) is 10.7 Å². The monoisotopic (exact) mass is 255 g/mol. The zero-order chi connectivity index (χ0) is 9.97. The Morgan fingerprint density at radius 1 is 1.36 bits per heavy atom. The summed E-state index contributed by atoms with van der Waals surface area (Å²) in [4.78, 5) is 4.23. The number of nitrogens with zero attached hydrogens (tertiary/aromatic N) is 1. The summed E-state index contributed by atoms with van der Waals surface area (Å²) in [6.45, 7) is 0. The summed E-state index contributed by atoms with van der Waals surface area (Å²) in [7, 11) is 0. The quantitative estimate of drug-likeness (QED) is 0.882. The number of hydrogen-bond acceptors (Lipinski definition) is 2. The second kappa shape index (κ2) is 4.41. The van der Waals surface area contributed by atoms with Gasteiger partial charge in [-0.2, -0.15) is 0 Å². The maximum absolute atomic E-state index is 10.0. The molecule has 1 atom stereocenters. The molecule has 2 nitrogen and oxygen atoms in total. The third kappa shape index (κ3) is 2.15. The lowest BCUT2D eigenvalue weighted by Crippen LogP contribution is -2.10. The first-order valence-electron chi connectivity index (χ1n) is 5.07. The fourth-order valence-corrected chi connectivity index (χ4v) is 2.31. The molecule has 0 radical (unpaired) electrons. The van der Waals surface area contributed by atoms with Crippen molar-refractivity contribution in [3.63, 3.8) is 0 Å². The molecule has 2 rings (SSSR count). The van der Waals surface area contributed by atoms with E-state index in [1.165, 1.54) is 12.8 Å². The lowest BCUT2D eigenvalue weighted by atomic mass is 9.98. The first-order valence-corrected chi connectivity index (χ1v) is 5.86. The number of rotatable bonds is 2. The molecule has 1 unspecified atom stereocenters. The van der Waals surface area contributed by atoms with Crippen molar-refractivity contribution in [2.45, 2.75) is 31.8 Å². The van der Waals surface area contributed by atoms with Crippen molar-refractivity contribution in [3.8, 4) is 0 Å². The first-order chi connectivity index (χ1) is 6.77. The summed E-state index contributed by atoms with van der Waals surface area (Å²) >= 11 is 3.33. The molecule has 0 amide bonds. The summed E-state index contributed by atoms with van der Waals surface area (Å²) in [5, 5.41) is 10.0. The lowest BCUT2D eigenvalue weighted by molar-refractivity contribution is 0.107. The van der Waals surface area contributed by atoms with Gasteiger partial charge in [0.25, 0.3) is 0 Å². The molecule has 1 fully saturated rings. The molecular weight excluding hydrogens is 242 g/mol. The molecular formula is C11H14BrNO. The molecule has 0 aliphatic heterocycles. The highest BCUT2D eigenvalue weighted by molar-refractivity contribution is 9.10. The minimum absolute atomic E-state index is 0.370. The number of halogens is 1. The highest BCUT2D eigenvalue weighted by Crippen LogP contribution is 2.34. The van der Waals surface area contributed by atoms with Gasteiger partial charge in [-0.3, -0.25) is 4.98 Å². The van der Waals surface area contributed by atoms with Crippen molar-refractivity contribution in [2.24, 2.45) is 5.92 Å². The Morgan fingerprint density at radius 2 is 2.07 bits per heavy atom. The Morgan fingerprint density at radius 3 is 2.64 bits per heavy atom. The Labute approximate surface area is 92.5 Å². The number of aliphatic hydroxyl groups is 1. The van der Waals surface area contributed by atoms with E-state index in [4.69, 9.17) is 0 Å². The fourth-order valence-electron chi connectivity index (χ4n) is 2.08. The molecule has 1 N–H and O–H groups in total. The summed E-state index contributed by atoms with van der Waals surface area (Å²) in [5.74, 6) is 0.420. The van der Waals surface area contributed by atoms with Crippen LogP contribution in [0.4, 0.5) is 0 Å². The van der Waals surface area contributed by atoms with Crippen molar-refractivity contribution < 1.29 is 5.11 Å². The molecule has 1 aromatic rings. The van der Waals surface area contributed by atoms with Crippen LogP contribution < -0.4 is 0 Å². The maximum Gasteiger partial charge on any atom is 0.0987 e. The first kappa shape index (κ1) is 10.1.